The summed E-state index contributed by atoms with van der Waals surface area (Å²) in [5, 5.41) is 0. The van der Waals surface area contributed by atoms with Gasteiger partial charge in [-0.05, 0) is 11.6 Å². The highest BCUT2D eigenvalue weighted by Crippen LogP contribution is 2.31. The molecule has 2 aromatic heterocycles. The Kier molecular flexibility index (Phi) is 3.51. The normalized spacial score (nSPS) is 14.6. The molecular formula is C14H11F3N4O. The van der Waals surface area contributed by atoms with Gasteiger partial charge in [0.15, 0.2) is 0 Å². The number of alkyl halides is 3. The van der Waals surface area contributed by atoms with Crippen molar-refractivity contribution in [3.05, 3.63) is 53.4 Å². The van der Waals surface area contributed by atoms with Gasteiger partial charge >= 0.3 is 6.18 Å². The van der Waals surface area contributed by atoms with Gasteiger partial charge in [-0.25, -0.2) is 4.98 Å². The van der Waals surface area contributed by atoms with Gasteiger partial charge in [0.25, 0.3) is 5.91 Å². The number of aromatic nitrogens is 3. The molecule has 1 aliphatic heterocycles. The average Bonchev–Trinajstić information content (AvgIpc) is 2.53. The van der Waals surface area contributed by atoms with E-state index in [9.17, 15) is 18.0 Å². The second-order valence-corrected chi connectivity index (χ2v) is 4.89. The van der Waals surface area contributed by atoms with E-state index in [1.807, 2.05) is 0 Å². The van der Waals surface area contributed by atoms with Crippen molar-refractivity contribution in [1.29, 1.82) is 0 Å². The first-order chi connectivity index (χ1) is 10.4. The van der Waals surface area contributed by atoms with Gasteiger partial charge in [0.05, 0.1) is 11.8 Å². The van der Waals surface area contributed by atoms with Crippen molar-refractivity contribution < 1.29 is 18.0 Å². The van der Waals surface area contributed by atoms with Crippen molar-refractivity contribution in [1.82, 2.24) is 19.9 Å². The molecule has 0 unspecified atom stereocenters. The number of amides is 1. The molecule has 0 radical (unpaired) electrons. The predicted molar refractivity (Wildman–Crippen MR) is 69.7 cm³/mol. The third-order valence-electron chi connectivity index (χ3n) is 3.44. The summed E-state index contributed by atoms with van der Waals surface area (Å²) in [6.45, 7) is 0.475. The number of carbonyl (C=O) groups excluding carboxylic acids is 1. The Morgan fingerprint density at radius 1 is 1.18 bits per heavy atom. The lowest BCUT2D eigenvalue weighted by molar-refractivity contribution is -0.137. The van der Waals surface area contributed by atoms with Crippen molar-refractivity contribution in [3.8, 4) is 0 Å². The minimum absolute atomic E-state index is 0.0850. The van der Waals surface area contributed by atoms with Crippen LogP contribution in [-0.4, -0.2) is 32.3 Å². The summed E-state index contributed by atoms with van der Waals surface area (Å²) in [4.78, 5) is 25.3. The van der Waals surface area contributed by atoms with E-state index >= 15 is 0 Å². The Morgan fingerprint density at radius 2 is 2.00 bits per heavy atom. The summed E-state index contributed by atoms with van der Waals surface area (Å²) in [6, 6.07) is 1.05. The second-order valence-electron chi connectivity index (χ2n) is 4.89. The molecule has 0 aliphatic carbocycles. The van der Waals surface area contributed by atoms with Gasteiger partial charge in [0, 0.05) is 43.8 Å². The van der Waals surface area contributed by atoms with E-state index < -0.39 is 11.7 Å². The van der Waals surface area contributed by atoms with Crippen molar-refractivity contribution in [2.24, 2.45) is 0 Å². The smallest absolute Gasteiger partial charge is 0.332 e. The number of halogens is 3. The van der Waals surface area contributed by atoms with Gasteiger partial charge in [0.2, 0.25) is 0 Å². The molecule has 0 N–H and O–H groups in total. The minimum atomic E-state index is -4.45. The van der Waals surface area contributed by atoms with Crippen LogP contribution in [0.3, 0.4) is 0 Å². The van der Waals surface area contributed by atoms with Crippen LogP contribution in [0.25, 0.3) is 0 Å². The lowest BCUT2D eigenvalue weighted by Gasteiger charge is -2.28. The van der Waals surface area contributed by atoms with E-state index in [1.54, 1.807) is 0 Å². The van der Waals surface area contributed by atoms with E-state index in [-0.39, 0.29) is 18.1 Å². The first-order valence-corrected chi connectivity index (χ1v) is 6.55. The third kappa shape index (κ3) is 2.76. The minimum Gasteiger partial charge on any atom is -0.332 e. The lowest BCUT2D eigenvalue weighted by Crippen LogP contribution is -2.37. The number of hydrogen-bond acceptors (Lipinski definition) is 4. The quantitative estimate of drug-likeness (QED) is 0.809. The summed E-state index contributed by atoms with van der Waals surface area (Å²) < 4.78 is 38.2. The van der Waals surface area contributed by atoms with E-state index in [2.05, 4.69) is 15.0 Å². The Balaban J connectivity index is 1.85. The van der Waals surface area contributed by atoms with Crippen LogP contribution in [0, 0.1) is 0 Å². The van der Waals surface area contributed by atoms with Crippen molar-refractivity contribution in [3.63, 3.8) is 0 Å². The Morgan fingerprint density at radius 3 is 2.68 bits per heavy atom. The highest BCUT2D eigenvalue weighted by atomic mass is 19.4. The van der Waals surface area contributed by atoms with Crippen LogP contribution in [0.4, 0.5) is 13.2 Å². The van der Waals surface area contributed by atoms with E-state index in [0.717, 1.165) is 12.3 Å². The zero-order valence-electron chi connectivity index (χ0n) is 11.3. The van der Waals surface area contributed by atoms with Crippen LogP contribution in [-0.2, 0) is 19.1 Å². The highest BCUT2D eigenvalue weighted by molar-refractivity contribution is 5.92. The standard InChI is InChI=1S/C14H11F3N4O/c15-14(16,17)10-5-9-8-21(4-1-11(9)20-6-10)13(22)12-7-18-2-3-19-12/h2-3,5-7H,1,4,8H2. The van der Waals surface area contributed by atoms with Crippen LogP contribution in [0.1, 0.15) is 27.3 Å². The van der Waals surface area contributed by atoms with Gasteiger partial charge in [0.1, 0.15) is 5.69 Å². The second kappa shape index (κ2) is 5.36. The number of pyridine rings is 1. The lowest BCUT2D eigenvalue weighted by atomic mass is 10.0. The third-order valence-corrected chi connectivity index (χ3v) is 3.44. The van der Waals surface area contributed by atoms with E-state index in [1.165, 1.54) is 23.5 Å². The summed E-state index contributed by atoms with van der Waals surface area (Å²) in [5.41, 5.74) is 0.375. The number of hydrogen-bond donors (Lipinski definition) is 0. The Labute approximate surface area is 123 Å². The van der Waals surface area contributed by atoms with E-state index in [0.29, 0.717) is 24.2 Å². The molecule has 114 valence electrons. The Bertz CT molecular complexity index is 703. The maximum atomic E-state index is 12.7. The molecular weight excluding hydrogens is 297 g/mol. The summed E-state index contributed by atoms with van der Waals surface area (Å²) in [7, 11) is 0. The Hall–Kier alpha value is -2.51. The molecule has 0 aromatic carbocycles. The molecule has 0 spiro atoms. The fourth-order valence-corrected chi connectivity index (χ4v) is 2.33. The molecule has 3 heterocycles. The van der Waals surface area contributed by atoms with Crippen LogP contribution in [0.15, 0.2) is 30.9 Å². The first-order valence-electron chi connectivity index (χ1n) is 6.55. The summed E-state index contributed by atoms with van der Waals surface area (Å²) in [6.07, 6.45) is 0.982. The zero-order valence-corrected chi connectivity index (χ0v) is 11.3. The van der Waals surface area contributed by atoms with Crippen molar-refractivity contribution in [2.45, 2.75) is 19.1 Å². The number of rotatable bonds is 1. The van der Waals surface area contributed by atoms with Gasteiger partial charge in [-0.2, -0.15) is 13.2 Å². The topological polar surface area (TPSA) is 59.0 Å². The highest BCUT2D eigenvalue weighted by Gasteiger charge is 2.33. The summed E-state index contributed by atoms with van der Waals surface area (Å²) in [5.74, 6) is -0.351. The van der Waals surface area contributed by atoms with Crippen molar-refractivity contribution >= 4 is 5.91 Å². The van der Waals surface area contributed by atoms with Gasteiger partial charge in [-0.1, -0.05) is 0 Å². The van der Waals surface area contributed by atoms with Crippen LogP contribution < -0.4 is 0 Å². The monoisotopic (exact) mass is 308 g/mol. The van der Waals surface area contributed by atoms with Crippen LogP contribution in [0.5, 0.6) is 0 Å². The van der Waals surface area contributed by atoms with Gasteiger partial charge in [-0.15, -0.1) is 0 Å². The van der Waals surface area contributed by atoms with Crippen LogP contribution >= 0.6 is 0 Å². The fourth-order valence-electron chi connectivity index (χ4n) is 2.33. The number of fused-ring (bicyclic) bond motifs is 1. The molecule has 0 saturated carbocycles. The SMILES string of the molecule is O=C(c1cnccn1)N1CCc2ncc(C(F)(F)F)cc2C1. The predicted octanol–water partition coefficient (Wildman–Crippen LogP) is 2.09. The molecule has 0 bridgehead atoms. The molecule has 0 atom stereocenters. The molecule has 0 saturated heterocycles. The molecule has 0 fully saturated rings. The van der Waals surface area contributed by atoms with Gasteiger partial charge < -0.3 is 4.90 Å². The summed E-state index contributed by atoms with van der Waals surface area (Å²) >= 11 is 0. The molecule has 22 heavy (non-hydrogen) atoms. The molecule has 8 heteroatoms. The number of carbonyl (C=O) groups is 1. The molecule has 1 aliphatic rings. The van der Waals surface area contributed by atoms with E-state index in [4.69, 9.17) is 0 Å². The molecule has 1 amide bonds. The maximum Gasteiger partial charge on any atom is 0.417 e. The van der Waals surface area contributed by atoms with Crippen molar-refractivity contribution in [2.75, 3.05) is 6.54 Å². The average molecular weight is 308 g/mol. The fraction of sp³-hybridized carbons (Fsp3) is 0.286. The first kappa shape index (κ1) is 14.4. The molecule has 2 aromatic rings. The number of nitrogens with zero attached hydrogens (tertiary/aromatic N) is 4. The molecule has 5 nitrogen and oxygen atoms in total. The van der Waals surface area contributed by atoms with Gasteiger partial charge in [-0.3, -0.25) is 14.8 Å². The zero-order chi connectivity index (χ0) is 15.7. The largest absolute Gasteiger partial charge is 0.417 e. The maximum absolute atomic E-state index is 12.7. The molecule has 3 rings (SSSR count). The van der Waals surface area contributed by atoms with Crippen LogP contribution in [0.2, 0.25) is 0 Å².